The summed E-state index contributed by atoms with van der Waals surface area (Å²) in [5.41, 5.74) is 2.25. The lowest BCUT2D eigenvalue weighted by molar-refractivity contribution is -0.117. The standard InChI is InChI=1S/C19H23ClN6O/c1-11(24-10-19(2,3)4)18(27)26-16-9-21-8-15(25-16)14-7-23-17-13(14)5-12(20)6-22-17/h5-9,11,24H,10H2,1-4H3,(H,22,23)(H,25,26,27)/t11-/m0/s1. The van der Waals surface area contributed by atoms with Crippen molar-refractivity contribution in [3.05, 3.63) is 35.9 Å². The molecule has 1 amide bonds. The first-order chi connectivity index (χ1) is 12.7. The fraction of sp³-hybridized carbons (Fsp3) is 0.368. The maximum Gasteiger partial charge on any atom is 0.242 e. The van der Waals surface area contributed by atoms with Gasteiger partial charge in [-0.3, -0.25) is 9.78 Å². The van der Waals surface area contributed by atoms with Crippen molar-refractivity contribution in [2.24, 2.45) is 5.41 Å². The Balaban J connectivity index is 1.77. The molecule has 0 bridgehead atoms. The topological polar surface area (TPSA) is 95.6 Å². The van der Waals surface area contributed by atoms with Gasteiger partial charge in [0.05, 0.1) is 29.2 Å². The van der Waals surface area contributed by atoms with Crippen LogP contribution in [0, 0.1) is 5.41 Å². The number of hydrogen-bond donors (Lipinski definition) is 3. The number of halogens is 1. The second-order valence-electron chi connectivity index (χ2n) is 7.69. The van der Waals surface area contributed by atoms with Gasteiger partial charge < -0.3 is 15.6 Å². The summed E-state index contributed by atoms with van der Waals surface area (Å²) in [6.07, 6.45) is 6.55. The zero-order valence-electron chi connectivity index (χ0n) is 15.8. The number of nitrogens with zero attached hydrogens (tertiary/aromatic N) is 3. The molecule has 27 heavy (non-hydrogen) atoms. The Kier molecular flexibility index (Phi) is 5.43. The van der Waals surface area contributed by atoms with Crippen molar-refractivity contribution in [3.63, 3.8) is 0 Å². The van der Waals surface area contributed by atoms with E-state index in [0.717, 1.165) is 17.5 Å². The largest absolute Gasteiger partial charge is 0.345 e. The first-order valence-corrected chi connectivity index (χ1v) is 9.10. The highest BCUT2D eigenvalue weighted by atomic mass is 35.5. The molecule has 0 fully saturated rings. The van der Waals surface area contributed by atoms with Crippen molar-refractivity contribution in [3.8, 4) is 11.3 Å². The van der Waals surface area contributed by atoms with Crippen molar-refractivity contribution in [1.82, 2.24) is 25.3 Å². The Morgan fingerprint density at radius 3 is 2.81 bits per heavy atom. The third-order valence-electron chi connectivity index (χ3n) is 3.99. The molecule has 1 atom stereocenters. The Labute approximate surface area is 163 Å². The highest BCUT2D eigenvalue weighted by Crippen LogP contribution is 2.28. The minimum Gasteiger partial charge on any atom is -0.345 e. The van der Waals surface area contributed by atoms with Gasteiger partial charge in [0.15, 0.2) is 5.82 Å². The maximum atomic E-state index is 12.4. The summed E-state index contributed by atoms with van der Waals surface area (Å²) >= 11 is 6.06. The third-order valence-corrected chi connectivity index (χ3v) is 4.20. The number of pyridine rings is 1. The second kappa shape index (κ2) is 7.62. The number of nitrogens with one attached hydrogen (secondary N) is 3. The Morgan fingerprint density at radius 2 is 2.07 bits per heavy atom. The van der Waals surface area contributed by atoms with Crippen LogP contribution < -0.4 is 10.6 Å². The fourth-order valence-corrected chi connectivity index (χ4v) is 2.69. The number of carbonyl (C=O) groups excluding carboxylic acids is 1. The van der Waals surface area contributed by atoms with Crippen LogP contribution >= 0.6 is 11.6 Å². The van der Waals surface area contributed by atoms with Gasteiger partial charge in [0.1, 0.15) is 5.65 Å². The predicted octanol–water partition coefficient (Wildman–Crippen LogP) is 3.64. The van der Waals surface area contributed by atoms with E-state index in [2.05, 4.69) is 51.3 Å². The summed E-state index contributed by atoms with van der Waals surface area (Å²) < 4.78 is 0. The Bertz CT molecular complexity index is 962. The summed E-state index contributed by atoms with van der Waals surface area (Å²) in [5.74, 6) is 0.237. The van der Waals surface area contributed by atoms with E-state index in [1.807, 2.05) is 13.0 Å². The lowest BCUT2D eigenvalue weighted by Crippen LogP contribution is -2.42. The number of amides is 1. The summed E-state index contributed by atoms with van der Waals surface area (Å²) in [7, 11) is 0. The van der Waals surface area contributed by atoms with Crippen molar-refractivity contribution < 1.29 is 4.79 Å². The molecule has 0 saturated heterocycles. The van der Waals surface area contributed by atoms with Gasteiger partial charge in [-0.2, -0.15) is 0 Å². The highest BCUT2D eigenvalue weighted by Gasteiger charge is 2.18. The molecule has 3 aromatic heterocycles. The van der Waals surface area contributed by atoms with E-state index in [-0.39, 0.29) is 17.4 Å². The van der Waals surface area contributed by atoms with Crippen LogP contribution in [-0.2, 0) is 4.79 Å². The van der Waals surface area contributed by atoms with E-state index in [4.69, 9.17) is 11.6 Å². The van der Waals surface area contributed by atoms with E-state index in [1.54, 1.807) is 18.6 Å². The molecule has 0 unspecified atom stereocenters. The molecule has 8 heteroatoms. The number of anilines is 1. The van der Waals surface area contributed by atoms with Crippen molar-refractivity contribution in [1.29, 1.82) is 0 Å². The van der Waals surface area contributed by atoms with Gasteiger partial charge in [-0.1, -0.05) is 32.4 Å². The van der Waals surface area contributed by atoms with Crippen molar-refractivity contribution >= 4 is 34.4 Å². The average molecular weight is 387 g/mol. The number of aromatic amines is 1. The molecule has 0 radical (unpaired) electrons. The summed E-state index contributed by atoms with van der Waals surface area (Å²) in [6.45, 7) is 8.90. The molecule has 0 spiro atoms. The van der Waals surface area contributed by atoms with Crippen LogP contribution in [0.4, 0.5) is 5.82 Å². The average Bonchev–Trinajstić information content (AvgIpc) is 3.02. The zero-order valence-corrected chi connectivity index (χ0v) is 16.6. The zero-order chi connectivity index (χ0) is 19.6. The Morgan fingerprint density at radius 1 is 1.30 bits per heavy atom. The molecule has 142 valence electrons. The fourth-order valence-electron chi connectivity index (χ4n) is 2.53. The van der Waals surface area contributed by atoms with E-state index in [0.29, 0.717) is 22.2 Å². The van der Waals surface area contributed by atoms with Crippen LogP contribution in [0.1, 0.15) is 27.7 Å². The maximum absolute atomic E-state index is 12.4. The molecule has 3 heterocycles. The first-order valence-electron chi connectivity index (χ1n) is 8.72. The highest BCUT2D eigenvalue weighted by molar-refractivity contribution is 6.31. The van der Waals surface area contributed by atoms with Crippen LogP contribution in [0.2, 0.25) is 5.02 Å². The number of carbonyl (C=O) groups is 1. The van der Waals surface area contributed by atoms with Crippen LogP contribution in [0.5, 0.6) is 0 Å². The predicted molar refractivity (Wildman–Crippen MR) is 108 cm³/mol. The van der Waals surface area contributed by atoms with E-state index in [9.17, 15) is 4.79 Å². The minimum atomic E-state index is -0.342. The minimum absolute atomic E-state index is 0.0961. The van der Waals surface area contributed by atoms with Crippen molar-refractivity contribution in [2.45, 2.75) is 33.7 Å². The summed E-state index contributed by atoms with van der Waals surface area (Å²) in [6, 6.07) is 1.48. The monoisotopic (exact) mass is 386 g/mol. The molecule has 3 rings (SSSR count). The molecule has 0 aliphatic heterocycles. The first kappa shape index (κ1) is 19.3. The van der Waals surface area contributed by atoms with E-state index in [1.165, 1.54) is 6.20 Å². The molecule has 3 N–H and O–H groups in total. The number of H-pyrrole nitrogens is 1. The number of aromatic nitrogens is 4. The lowest BCUT2D eigenvalue weighted by atomic mass is 9.96. The van der Waals surface area contributed by atoms with Crippen LogP contribution in [-0.4, -0.2) is 38.4 Å². The van der Waals surface area contributed by atoms with Gasteiger partial charge in [0.25, 0.3) is 0 Å². The molecule has 0 aromatic carbocycles. The third kappa shape index (κ3) is 4.81. The summed E-state index contributed by atoms with van der Waals surface area (Å²) in [4.78, 5) is 28.5. The van der Waals surface area contributed by atoms with Gasteiger partial charge in [0.2, 0.25) is 5.91 Å². The molecule has 0 aliphatic carbocycles. The number of hydrogen-bond acceptors (Lipinski definition) is 5. The number of rotatable bonds is 5. The molecule has 0 aliphatic rings. The van der Waals surface area contributed by atoms with Gasteiger partial charge in [-0.15, -0.1) is 0 Å². The van der Waals surface area contributed by atoms with Gasteiger partial charge in [-0.25, -0.2) is 9.97 Å². The van der Waals surface area contributed by atoms with Gasteiger partial charge in [-0.05, 0) is 18.4 Å². The van der Waals surface area contributed by atoms with Gasteiger partial charge >= 0.3 is 0 Å². The molecular formula is C19H23ClN6O. The molecule has 0 saturated carbocycles. The van der Waals surface area contributed by atoms with E-state index < -0.39 is 0 Å². The molecule has 3 aromatic rings. The second-order valence-corrected chi connectivity index (χ2v) is 8.13. The van der Waals surface area contributed by atoms with E-state index >= 15 is 0 Å². The smallest absolute Gasteiger partial charge is 0.242 e. The number of fused-ring (bicyclic) bond motifs is 1. The van der Waals surface area contributed by atoms with Crippen LogP contribution in [0.3, 0.4) is 0 Å². The summed E-state index contributed by atoms with van der Waals surface area (Å²) in [5, 5.41) is 7.43. The van der Waals surface area contributed by atoms with Crippen LogP contribution in [0.25, 0.3) is 22.3 Å². The van der Waals surface area contributed by atoms with Crippen LogP contribution in [0.15, 0.2) is 30.9 Å². The normalized spacial score (nSPS) is 12.9. The van der Waals surface area contributed by atoms with Crippen molar-refractivity contribution in [2.75, 3.05) is 11.9 Å². The molecule has 7 nitrogen and oxygen atoms in total. The lowest BCUT2D eigenvalue weighted by Gasteiger charge is -2.22. The van der Waals surface area contributed by atoms with Gasteiger partial charge in [0, 0.05) is 29.9 Å². The Hall–Kier alpha value is -2.51. The quantitative estimate of drug-likeness (QED) is 0.622. The molecular weight excluding hydrogens is 364 g/mol. The SMILES string of the molecule is C[C@H](NCC(C)(C)C)C(=O)Nc1cncc(-c2c[nH]c3ncc(Cl)cc23)n1.